The van der Waals surface area contributed by atoms with Crippen molar-refractivity contribution in [1.82, 2.24) is 0 Å². The largest absolute Gasteiger partial charge is 0.489 e. The van der Waals surface area contributed by atoms with Crippen LogP contribution in [-0.4, -0.2) is 30.3 Å². The van der Waals surface area contributed by atoms with Gasteiger partial charge in [-0.15, -0.1) is 0 Å². The fourth-order valence-electron chi connectivity index (χ4n) is 1.62. The predicted octanol–water partition coefficient (Wildman–Crippen LogP) is 1.17. The van der Waals surface area contributed by atoms with Gasteiger partial charge in [0.15, 0.2) is 12.2 Å². The van der Waals surface area contributed by atoms with Gasteiger partial charge in [0.05, 0.1) is 11.7 Å². The lowest BCUT2D eigenvalue weighted by Crippen LogP contribution is -2.38. The Labute approximate surface area is 99.7 Å². The first kappa shape index (κ1) is 12.0. The summed E-state index contributed by atoms with van der Waals surface area (Å²) in [5.41, 5.74) is -0.607. The van der Waals surface area contributed by atoms with E-state index >= 15 is 0 Å². The van der Waals surface area contributed by atoms with E-state index in [4.69, 9.17) is 14.2 Å². The van der Waals surface area contributed by atoms with Gasteiger partial charge < -0.3 is 14.2 Å². The maximum atomic E-state index is 11.9. The molecule has 1 fully saturated rings. The lowest BCUT2D eigenvalue weighted by atomic mass is 9.90. The lowest BCUT2D eigenvalue weighted by molar-refractivity contribution is -0.170. The van der Waals surface area contributed by atoms with Crippen LogP contribution in [0.3, 0.4) is 0 Å². The molecule has 0 aromatic rings. The number of fused-ring (bicyclic) bond motifs is 1. The maximum absolute atomic E-state index is 11.9. The molecule has 5 nitrogen and oxygen atoms in total. The van der Waals surface area contributed by atoms with Gasteiger partial charge in [-0.3, -0.25) is 4.79 Å². The minimum Gasteiger partial charge on any atom is -0.489 e. The zero-order valence-electron chi connectivity index (χ0n) is 10.1. The number of carbonyl (C=O) groups excluding carboxylic acids is 2. The van der Waals surface area contributed by atoms with Crippen molar-refractivity contribution in [3.63, 3.8) is 0 Å². The van der Waals surface area contributed by atoms with Gasteiger partial charge in [-0.25, -0.2) is 4.79 Å². The van der Waals surface area contributed by atoms with Crippen molar-refractivity contribution in [2.75, 3.05) is 0 Å². The summed E-state index contributed by atoms with van der Waals surface area (Å²) in [4.78, 5) is 23.4. The molecule has 5 heteroatoms. The van der Waals surface area contributed by atoms with Crippen LogP contribution in [0, 0.1) is 5.41 Å². The Morgan fingerprint density at radius 1 is 1.53 bits per heavy atom. The van der Waals surface area contributed by atoms with Crippen LogP contribution >= 0.6 is 0 Å². The predicted molar refractivity (Wildman–Crippen MR) is 57.8 cm³/mol. The van der Waals surface area contributed by atoms with Gasteiger partial charge >= 0.3 is 11.9 Å². The Kier molecular flexibility index (Phi) is 2.85. The molecule has 0 radical (unpaired) electrons. The second-order valence-corrected chi connectivity index (χ2v) is 4.89. The smallest absolute Gasteiger partial charge is 0.352 e. The molecule has 3 unspecified atom stereocenters. The van der Waals surface area contributed by atoms with E-state index in [2.05, 4.69) is 0 Å². The molecule has 0 aromatic carbocycles. The first-order valence-corrected chi connectivity index (χ1v) is 5.69. The molecule has 2 rings (SSSR count). The van der Waals surface area contributed by atoms with Gasteiger partial charge in [0.1, 0.15) is 0 Å². The highest BCUT2D eigenvalue weighted by atomic mass is 16.6. The number of rotatable bonds is 3. The molecular formula is C12H16O5. The number of hydrogen-bond donors (Lipinski definition) is 0. The minimum absolute atomic E-state index is 0.405. The Hall–Kier alpha value is -1.52. The zero-order chi connectivity index (χ0) is 12.6. The van der Waals surface area contributed by atoms with Crippen LogP contribution in [0.4, 0.5) is 0 Å². The van der Waals surface area contributed by atoms with Crippen molar-refractivity contribution < 1.29 is 23.8 Å². The molecule has 0 aliphatic carbocycles. The van der Waals surface area contributed by atoms with E-state index in [-0.39, 0.29) is 0 Å². The molecule has 0 amide bonds. The summed E-state index contributed by atoms with van der Waals surface area (Å²) in [5.74, 6) is -0.942. The molecule has 17 heavy (non-hydrogen) atoms. The van der Waals surface area contributed by atoms with Crippen molar-refractivity contribution in [2.45, 2.75) is 45.5 Å². The van der Waals surface area contributed by atoms with E-state index in [0.29, 0.717) is 6.42 Å². The number of ether oxygens (including phenoxy) is 3. The highest BCUT2D eigenvalue weighted by Gasteiger charge is 2.50. The van der Waals surface area contributed by atoms with Crippen LogP contribution in [0.5, 0.6) is 0 Å². The molecule has 0 aromatic heterocycles. The average Bonchev–Trinajstić information content (AvgIpc) is 2.82. The molecule has 2 aliphatic heterocycles. The monoisotopic (exact) mass is 240 g/mol. The van der Waals surface area contributed by atoms with Crippen LogP contribution in [-0.2, 0) is 23.8 Å². The standard InChI is InChI=1S/C12H16O5/c1-4-12(2,3)11(14)17-9-8-7(5-6-15-8)16-10(9)13/h5-9H,4H2,1-3H3. The molecule has 2 aliphatic rings. The van der Waals surface area contributed by atoms with Crippen molar-refractivity contribution >= 4 is 11.9 Å². The molecule has 2 heterocycles. The average molecular weight is 240 g/mol. The zero-order valence-corrected chi connectivity index (χ0v) is 10.1. The number of esters is 2. The second-order valence-electron chi connectivity index (χ2n) is 4.89. The Morgan fingerprint density at radius 3 is 2.88 bits per heavy atom. The van der Waals surface area contributed by atoms with Gasteiger partial charge in [0.25, 0.3) is 0 Å². The number of carbonyl (C=O) groups is 2. The number of hydrogen-bond acceptors (Lipinski definition) is 5. The van der Waals surface area contributed by atoms with Crippen LogP contribution in [0.25, 0.3) is 0 Å². The van der Waals surface area contributed by atoms with Crippen molar-refractivity contribution in [3.05, 3.63) is 12.3 Å². The third-order valence-electron chi connectivity index (χ3n) is 3.28. The summed E-state index contributed by atoms with van der Waals surface area (Å²) >= 11 is 0. The van der Waals surface area contributed by atoms with Gasteiger partial charge in [-0.1, -0.05) is 6.92 Å². The summed E-state index contributed by atoms with van der Waals surface area (Å²) in [5, 5.41) is 0. The third-order valence-corrected chi connectivity index (χ3v) is 3.28. The van der Waals surface area contributed by atoms with Crippen LogP contribution in [0.1, 0.15) is 27.2 Å². The van der Waals surface area contributed by atoms with E-state index in [9.17, 15) is 9.59 Å². The van der Waals surface area contributed by atoms with Crippen LogP contribution < -0.4 is 0 Å². The molecule has 94 valence electrons. The van der Waals surface area contributed by atoms with Gasteiger partial charge in [-0.2, -0.15) is 0 Å². The second kappa shape index (κ2) is 4.05. The van der Waals surface area contributed by atoms with E-state index in [1.807, 2.05) is 6.92 Å². The lowest BCUT2D eigenvalue weighted by Gasteiger charge is -2.23. The van der Waals surface area contributed by atoms with Crippen LogP contribution in [0.2, 0.25) is 0 Å². The van der Waals surface area contributed by atoms with Crippen molar-refractivity contribution in [1.29, 1.82) is 0 Å². The molecule has 0 N–H and O–H groups in total. The third kappa shape index (κ3) is 2.01. The molecule has 0 saturated carbocycles. The quantitative estimate of drug-likeness (QED) is 0.693. The fraction of sp³-hybridized carbons (Fsp3) is 0.667. The van der Waals surface area contributed by atoms with E-state index in [1.165, 1.54) is 6.26 Å². The molecule has 1 saturated heterocycles. The van der Waals surface area contributed by atoms with E-state index < -0.39 is 35.7 Å². The normalized spacial score (nSPS) is 30.8. The molecule has 0 bridgehead atoms. The fourth-order valence-corrected chi connectivity index (χ4v) is 1.62. The highest BCUT2D eigenvalue weighted by molar-refractivity contribution is 5.84. The first-order chi connectivity index (χ1) is 7.95. The summed E-state index contributed by atoms with van der Waals surface area (Å²) in [6.45, 7) is 5.45. The Morgan fingerprint density at radius 2 is 2.24 bits per heavy atom. The minimum atomic E-state index is -0.951. The van der Waals surface area contributed by atoms with Gasteiger partial charge in [0.2, 0.25) is 6.10 Å². The highest BCUT2D eigenvalue weighted by Crippen LogP contribution is 2.30. The van der Waals surface area contributed by atoms with Gasteiger partial charge in [-0.05, 0) is 26.3 Å². The van der Waals surface area contributed by atoms with E-state index in [1.54, 1.807) is 19.9 Å². The molecular weight excluding hydrogens is 224 g/mol. The molecule has 0 spiro atoms. The SMILES string of the molecule is CCC(C)(C)C(=O)OC1C(=O)OC2C=COC21. The summed E-state index contributed by atoms with van der Waals surface area (Å²) in [6, 6.07) is 0. The Bertz CT molecular complexity index is 371. The van der Waals surface area contributed by atoms with Crippen molar-refractivity contribution in [3.8, 4) is 0 Å². The summed E-state index contributed by atoms with van der Waals surface area (Å²) in [7, 11) is 0. The van der Waals surface area contributed by atoms with Crippen molar-refractivity contribution in [2.24, 2.45) is 5.41 Å². The first-order valence-electron chi connectivity index (χ1n) is 5.69. The Balaban J connectivity index is 2.04. The van der Waals surface area contributed by atoms with Crippen LogP contribution in [0.15, 0.2) is 12.3 Å². The topological polar surface area (TPSA) is 61.8 Å². The summed E-state index contributed by atoms with van der Waals surface area (Å²) in [6.07, 6.45) is 1.84. The molecule has 3 atom stereocenters. The summed E-state index contributed by atoms with van der Waals surface area (Å²) < 4.78 is 15.4. The maximum Gasteiger partial charge on any atom is 0.352 e. The van der Waals surface area contributed by atoms with E-state index in [0.717, 1.165) is 0 Å². The van der Waals surface area contributed by atoms with Gasteiger partial charge in [0, 0.05) is 0 Å².